The van der Waals surface area contributed by atoms with Crippen LogP contribution in [-0.2, 0) is 15.0 Å². The molecule has 7 nitrogen and oxygen atoms in total. The Labute approximate surface area is 236 Å². The maximum absolute atomic E-state index is 14.0. The monoisotopic (exact) mass is 538 g/mol. The van der Waals surface area contributed by atoms with E-state index >= 15 is 0 Å². The molecule has 3 aromatic rings. The van der Waals surface area contributed by atoms with E-state index in [-0.39, 0.29) is 29.7 Å². The van der Waals surface area contributed by atoms with Crippen LogP contribution < -0.4 is 10.2 Å². The largest absolute Gasteiger partial charge is 0.339 e. The number of para-hydroxylation sites is 1. The average molecular weight is 539 g/mol. The number of aryl methyl sites for hydroxylation is 1. The number of amides is 3. The van der Waals surface area contributed by atoms with E-state index < -0.39 is 5.54 Å². The molecule has 2 fully saturated rings. The predicted octanol–water partition coefficient (Wildman–Crippen LogP) is 5.21. The predicted molar refractivity (Wildman–Crippen MR) is 158 cm³/mol. The molecule has 1 N–H and O–H groups in total. The molecule has 2 saturated heterocycles. The minimum Gasteiger partial charge on any atom is -0.339 e. The summed E-state index contributed by atoms with van der Waals surface area (Å²) in [6.07, 6.45) is 1.01. The number of carbonyl (C=O) groups excluding carboxylic acids is 3. The van der Waals surface area contributed by atoms with Crippen LogP contribution in [-0.4, -0.2) is 59.4 Å². The number of likely N-dealkylation sites (tertiary alicyclic amines) is 1. The number of piperidine rings is 1. The van der Waals surface area contributed by atoms with Crippen LogP contribution in [0.2, 0.25) is 0 Å². The molecule has 0 radical (unpaired) electrons. The summed E-state index contributed by atoms with van der Waals surface area (Å²) >= 11 is 0. The first-order valence-electron chi connectivity index (χ1n) is 14.0. The van der Waals surface area contributed by atoms with Gasteiger partial charge in [-0.3, -0.25) is 14.4 Å². The summed E-state index contributed by atoms with van der Waals surface area (Å²) in [7, 11) is 0. The Kier molecular flexibility index (Phi) is 7.41. The number of nitrogens with one attached hydrogen (secondary N) is 1. The summed E-state index contributed by atoms with van der Waals surface area (Å²) in [6.45, 7) is 9.67. The number of hydrogen-bond donors (Lipinski definition) is 1. The molecule has 0 aliphatic carbocycles. The summed E-state index contributed by atoms with van der Waals surface area (Å²) in [5.74, 6) is -0.297. The van der Waals surface area contributed by atoms with Crippen molar-refractivity contribution < 1.29 is 14.4 Å². The lowest BCUT2D eigenvalue weighted by atomic mass is 9.84. The van der Waals surface area contributed by atoms with E-state index in [1.807, 2.05) is 90.7 Å². The van der Waals surface area contributed by atoms with Crippen LogP contribution in [0.15, 0.2) is 78.9 Å². The fraction of sp³-hybridized carbons (Fsp3) is 0.364. The molecular weight excluding hydrogens is 500 g/mol. The molecule has 40 heavy (non-hydrogen) atoms. The Morgan fingerprint density at radius 1 is 0.900 bits per heavy atom. The third-order valence-corrected chi connectivity index (χ3v) is 8.09. The van der Waals surface area contributed by atoms with Gasteiger partial charge in [-0.15, -0.1) is 0 Å². The number of rotatable bonds is 5. The van der Waals surface area contributed by atoms with Crippen molar-refractivity contribution in [1.29, 1.82) is 0 Å². The summed E-state index contributed by atoms with van der Waals surface area (Å²) < 4.78 is 0. The van der Waals surface area contributed by atoms with Crippen molar-refractivity contribution in [3.8, 4) is 0 Å². The number of anilines is 2. The van der Waals surface area contributed by atoms with Crippen molar-refractivity contribution in [2.75, 3.05) is 36.5 Å². The lowest BCUT2D eigenvalue weighted by Gasteiger charge is -2.43. The third kappa shape index (κ3) is 5.46. The van der Waals surface area contributed by atoms with Crippen LogP contribution in [0.3, 0.4) is 0 Å². The molecule has 0 unspecified atom stereocenters. The van der Waals surface area contributed by atoms with Crippen LogP contribution in [0.4, 0.5) is 11.4 Å². The number of carbonyl (C=O) groups is 3. The first kappa shape index (κ1) is 27.4. The van der Waals surface area contributed by atoms with E-state index in [2.05, 4.69) is 31.0 Å². The standard InChI is InChI=1S/C33H38N4O3/c1-24-9-8-10-27(21-24)34-29(38)22-36-23-37(28-11-6-5-7-12-28)33(31(36)40)17-19-35(20-18-33)30(39)25-13-15-26(16-14-25)32(2,3)4/h5-16,21H,17-20,22-23H2,1-4H3,(H,34,38). The topological polar surface area (TPSA) is 73.0 Å². The molecule has 208 valence electrons. The molecule has 3 amide bonds. The van der Waals surface area contributed by atoms with Gasteiger partial charge >= 0.3 is 0 Å². The van der Waals surface area contributed by atoms with Crippen molar-refractivity contribution in [2.24, 2.45) is 0 Å². The van der Waals surface area contributed by atoms with Crippen LogP contribution >= 0.6 is 0 Å². The smallest absolute Gasteiger partial charge is 0.253 e. The summed E-state index contributed by atoms with van der Waals surface area (Å²) in [5.41, 5.74) is 3.78. The second-order valence-electron chi connectivity index (χ2n) is 12.0. The second-order valence-corrected chi connectivity index (χ2v) is 12.0. The maximum Gasteiger partial charge on any atom is 0.253 e. The van der Waals surface area contributed by atoms with Crippen molar-refractivity contribution in [2.45, 2.75) is 51.5 Å². The highest BCUT2D eigenvalue weighted by Gasteiger charge is 2.54. The van der Waals surface area contributed by atoms with Crippen LogP contribution in [0.1, 0.15) is 55.1 Å². The summed E-state index contributed by atoms with van der Waals surface area (Å²) in [5, 5.41) is 2.93. The molecule has 2 heterocycles. The Balaban J connectivity index is 1.32. The van der Waals surface area contributed by atoms with Gasteiger partial charge in [-0.1, -0.05) is 63.2 Å². The highest BCUT2D eigenvalue weighted by Crippen LogP contribution is 2.39. The van der Waals surface area contributed by atoms with Gasteiger partial charge in [0.05, 0.1) is 6.67 Å². The number of nitrogens with zero attached hydrogens (tertiary/aromatic N) is 3. The normalized spacial score (nSPS) is 16.9. The fourth-order valence-electron chi connectivity index (χ4n) is 5.79. The summed E-state index contributed by atoms with van der Waals surface area (Å²) in [6, 6.07) is 25.3. The molecule has 1 spiro atoms. The van der Waals surface area contributed by atoms with Gasteiger partial charge < -0.3 is 20.0 Å². The van der Waals surface area contributed by atoms with Gasteiger partial charge in [0.1, 0.15) is 12.1 Å². The van der Waals surface area contributed by atoms with E-state index in [4.69, 9.17) is 0 Å². The van der Waals surface area contributed by atoms with Crippen LogP contribution in [0, 0.1) is 6.92 Å². The minimum absolute atomic E-state index is 0.0126. The Bertz CT molecular complexity index is 1390. The number of hydrogen-bond acceptors (Lipinski definition) is 4. The van der Waals surface area contributed by atoms with E-state index in [9.17, 15) is 14.4 Å². The molecule has 3 aromatic carbocycles. The highest BCUT2D eigenvalue weighted by atomic mass is 16.2. The fourth-order valence-corrected chi connectivity index (χ4v) is 5.79. The Morgan fingerprint density at radius 3 is 2.20 bits per heavy atom. The molecule has 0 bridgehead atoms. The lowest BCUT2D eigenvalue weighted by molar-refractivity contribution is -0.136. The Morgan fingerprint density at radius 2 is 1.57 bits per heavy atom. The zero-order valence-corrected chi connectivity index (χ0v) is 23.8. The van der Waals surface area contributed by atoms with Gasteiger partial charge in [0, 0.05) is 30.0 Å². The lowest BCUT2D eigenvalue weighted by Crippen LogP contribution is -2.57. The number of benzene rings is 3. The van der Waals surface area contributed by atoms with Gasteiger partial charge in [-0.05, 0) is 72.7 Å². The molecule has 0 saturated carbocycles. The van der Waals surface area contributed by atoms with Gasteiger partial charge in [0.15, 0.2) is 0 Å². The minimum atomic E-state index is -0.794. The van der Waals surface area contributed by atoms with E-state index in [1.54, 1.807) is 4.90 Å². The molecule has 0 aromatic heterocycles. The van der Waals surface area contributed by atoms with Gasteiger partial charge in [-0.25, -0.2) is 0 Å². The zero-order valence-electron chi connectivity index (χ0n) is 23.8. The molecule has 2 aliphatic rings. The molecular formula is C33H38N4O3. The molecule has 2 aliphatic heterocycles. The van der Waals surface area contributed by atoms with Gasteiger partial charge in [-0.2, -0.15) is 0 Å². The van der Waals surface area contributed by atoms with Crippen molar-refractivity contribution in [3.05, 3.63) is 95.6 Å². The highest BCUT2D eigenvalue weighted by molar-refractivity contribution is 6.00. The average Bonchev–Trinajstić information content (AvgIpc) is 3.19. The zero-order chi connectivity index (χ0) is 28.5. The third-order valence-electron chi connectivity index (χ3n) is 8.09. The van der Waals surface area contributed by atoms with Crippen LogP contribution in [0.25, 0.3) is 0 Å². The SMILES string of the molecule is Cc1cccc(NC(=O)CN2CN(c3ccccc3)C3(CCN(C(=O)c4ccc(C(C)(C)C)cc4)CC3)C2=O)c1. The molecule has 0 atom stereocenters. The second kappa shape index (κ2) is 10.8. The summed E-state index contributed by atoms with van der Waals surface area (Å²) in [4.78, 5) is 45.9. The van der Waals surface area contributed by atoms with Crippen molar-refractivity contribution >= 4 is 29.1 Å². The quantitative estimate of drug-likeness (QED) is 0.484. The van der Waals surface area contributed by atoms with Crippen LogP contribution in [0.5, 0.6) is 0 Å². The first-order valence-corrected chi connectivity index (χ1v) is 14.0. The Hall–Kier alpha value is -4.13. The maximum atomic E-state index is 14.0. The molecule has 7 heteroatoms. The van der Waals surface area contributed by atoms with Crippen molar-refractivity contribution in [1.82, 2.24) is 9.80 Å². The molecule has 5 rings (SSSR count). The van der Waals surface area contributed by atoms with E-state index in [1.165, 1.54) is 5.56 Å². The van der Waals surface area contributed by atoms with E-state index in [0.717, 1.165) is 11.3 Å². The first-order chi connectivity index (χ1) is 19.1. The van der Waals surface area contributed by atoms with Gasteiger partial charge in [0.2, 0.25) is 5.91 Å². The van der Waals surface area contributed by atoms with Crippen molar-refractivity contribution in [3.63, 3.8) is 0 Å². The van der Waals surface area contributed by atoms with Gasteiger partial charge in [0.25, 0.3) is 11.8 Å². The van der Waals surface area contributed by atoms with E-state index in [0.29, 0.717) is 43.9 Å².